The molecule has 2 heterocycles. The first-order valence-corrected chi connectivity index (χ1v) is 9.64. The number of carbonyl (C=O) groups is 1. The molecule has 3 rings (SSSR count). The highest BCUT2D eigenvalue weighted by Crippen LogP contribution is 2.20. The standard InChI is InChI=1S/C21H28N2O2.CH2O2/c1-17-7-5-10-21(18(17)2)25-14-12-23(16-20-9-6-13-24-20)15-19-8-3-4-11-22-19;2-1-3/h3-5,7-8,10-11,20H,6,9,12-16H2,1-2H3;1H,(H,2,3). The summed E-state index contributed by atoms with van der Waals surface area (Å²) in [7, 11) is 0. The van der Waals surface area contributed by atoms with E-state index >= 15 is 0 Å². The molecule has 28 heavy (non-hydrogen) atoms. The first-order valence-electron chi connectivity index (χ1n) is 9.64. The van der Waals surface area contributed by atoms with E-state index in [0.29, 0.717) is 12.7 Å². The van der Waals surface area contributed by atoms with Gasteiger partial charge in [-0.25, -0.2) is 0 Å². The largest absolute Gasteiger partial charge is 0.492 e. The number of aryl methyl sites for hydroxylation is 1. The topological polar surface area (TPSA) is 71.9 Å². The van der Waals surface area contributed by atoms with Crippen molar-refractivity contribution in [1.29, 1.82) is 0 Å². The third kappa shape index (κ3) is 7.29. The van der Waals surface area contributed by atoms with Crippen molar-refractivity contribution in [3.8, 4) is 5.75 Å². The summed E-state index contributed by atoms with van der Waals surface area (Å²) < 4.78 is 11.9. The number of aromatic nitrogens is 1. The number of pyridine rings is 1. The molecule has 2 aromatic rings. The number of hydrogen-bond acceptors (Lipinski definition) is 5. The molecule has 1 aliphatic rings. The van der Waals surface area contributed by atoms with Crippen LogP contribution in [0.5, 0.6) is 5.75 Å². The van der Waals surface area contributed by atoms with Crippen molar-refractivity contribution in [3.63, 3.8) is 0 Å². The lowest BCUT2D eigenvalue weighted by atomic mass is 10.1. The first kappa shape index (κ1) is 21.9. The highest BCUT2D eigenvalue weighted by atomic mass is 16.5. The number of hydrogen-bond donors (Lipinski definition) is 1. The van der Waals surface area contributed by atoms with E-state index in [0.717, 1.165) is 44.1 Å². The van der Waals surface area contributed by atoms with Crippen molar-refractivity contribution in [2.24, 2.45) is 0 Å². The quantitative estimate of drug-likeness (QED) is 0.701. The second-order valence-electron chi connectivity index (χ2n) is 6.84. The molecule has 0 amide bonds. The van der Waals surface area contributed by atoms with Gasteiger partial charge in [-0.05, 0) is 56.0 Å². The van der Waals surface area contributed by atoms with E-state index in [1.807, 2.05) is 24.4 Å². The molecular weight excluding hydrogens is 356 g/mol. The average molecular weight is 386 g/mol. The Labute approximate surface area is 167 Å². The fourth-order valence-corrected chi connectivity index (χ4v) is 3.20. The lowest BCUT2D eigenvalue weighted by molar-refractivity contribution is -0.122. The lowest BCUT2D eigenvalue weighted by Crippen LogP contribution is -2.35. The van der Waals surface area contributed by atoms with E-state index in [-0.39, 0.29) is 6.47 Å². The molecule has 6 nitrogen and oxygen atoms in total. The average Bonchev–Trinajstić information content (AvgIpc) is 3.20. The van der Waals surface area contributed by atoms with Gasteiger partial charge in [0.1, 0.15) is 12.4 Å². The Morgan fingerprint density at radius 2 is 2.11 bits per heavy atom. The maximum atomic E-state index is 8.36. The van der Waals surface area contributed by atoms with Gasteiger partial charge in [-0.3, -0.25) is 14.7 Å². The summed E-state index contributed by atoms with van der Waals surface area (Å²) in [6.45, 7) is 8.17. The summed E-state index contributed by atoms with van der Waals surface area (Å²) >= 11 is 0. The Morgan fingerprint density at radius 3 is 2.79 bits per heavy atom. The molecule has 6 heteroatoms. The monoisotopic (exact) mass is 386 g/mol. The molecule has 1 aliphatic heterocycles. The summed E-state index contributed by atoms with van der Waals surface area (Å²) in [6, 6.07) is 12.3. The molecule has 1 atom stereocenters. The van der Waals surface area contributed by atoms with Gasteiger partial charge in [0.15, 0.2) is 0 Å². The van der Waals surface area contributed by atoms with Crippen LogP contribution in [0.4, 0.5) is 0 Å². The molecule has 1 saturated heterocycles. The number of carboxylic acid groups (broad SMARTS) is 1. The van der Waals surface area contributed by atoms with E-state index < -0.39 is 0 Å². The van der Waals surface area contributed by atoms with Crippen molar-refractivity contribution in [1.82, 2.24) is 9.88 Å². The van der Waals surface area contributed by atoms with E-state index in [1.54, 1.807) is 0 Å². The molecular formula is C22H30N2O4. The fourth-order valence-electron chi connectivity index (χ4n) is 3.20. The Bertz CT molecular complexity index is 703. The molecule has 0 saturated carbocycles. The van der Waals surface area contributed by atoms with Crippen LogP contribution in [0.1, 0.15) is 29.7 Å². The van der Waals surface area contributed by atoms with Gasteiger partial charge in [0.25, 0.3) is 6.47 Å². The highest BCUT2D eigenvalue weighted by molar-refractivity contribution is 5.38. The zero-order valence-corrected chi connectivity index (χ0v) is 16.7. The van der Waals surface area contributed by atoms with Crippen LogP contribution < -0.4 is 4.74 Å². The van der Waals surface area contributed by atoms with Gasteiger partial charge in [0.2, 0.25) is 0 Å². The summed E-state index contributed by atoms with van der Waals surface area (Å²) in [5, 5.41) is 6.89. The minimum Gasteiger partial charge on any atom is -0.492 e. The molecule has 1 fully saturated rings. The van der Waals surface area contributed by atoms with Crippen LogP contribution in [0, 0.1) is 13.8 Å². The van der Waals surface area contributed by atoms with Gasteiger partial charge in [0, 0.05) is 32.4 Å². The Hall–Kier alpha value is -2.44. The van der Waals surface area contributed by atoms with Crippen LogP contribution in [0.3, 0.4) is 0 Å². The summed E-state index contributed by atoms with van der Waals surface area (Å²) in [5.74, 6) is 0.981. The molecule has 0 bridgehead atoms. The van der Waals surface area contributed by atoms with E-state index in [4.69, 9.17) is 19.4 Å². The van der Waals surface area contributed by atoms with Gasteiger partial charge >= 0.3 is 0 Å². The van der Waals surface area contributed by atoms with Gasteiger partial charge in [-0.2, -0.15) is 0 Å². The molecule has 1 aromatic carbocycles. The minimum atomic E-state index is -0.250. The van der Waals surface area contributed by atoms with Crippen molar-refractivity contribution < 1.29 is 19.4 Å². The molecule has 1 unspecified atom stereocenters. The maximum Gasteiger partial charge on any atom is 0.290 e. The van der Waals surface area contributed by atoms with E-state index in [9.17, 15) is 0 Å². The molecule has 0 aliphatic carbocycles. The third-order valence-corrected chi connectivity index (χ3v) is 4.82. The highest BCUT2D eigenvalue weighted by Gasteiger charge is 2.19. The van der Waals surface area contributed by atoms with Crippen LogP contribution in [-0.4, -0.2) is 53.9 Å². The lowest BCUT2D eigenvalue weighted by Gasteiger charge is -2.25. The Kier molecular flexibility index (Phi) is 9.45. The molecule has 1 N–H and O–H groups in total. The van der Waals surface area contributed by atoms with Gasteiger partial charge in [-0.1, -0.05) is 18.2 Å². The molecule has 152 valence electrons. The van der Waals surface area contributed by atoms with Gasteiger partial charge in [0.05, 0.1) is 11.8 Å². The zero-order valence-electron chi connectivity index (χ0n) is 16.7. The van der Waals surface area contributed by atoms with Crippen LogP contribution in [0.2, 0.25) is 0 Å². The second-order valence-corrected chi connectivity index (χ2v) is 6.84. The number of nitrogens with zero attached hydrogens (tertiary/aromatic N) is 2. The third-order valence-electron chi connectivity index (χ3n) is 4.82. The van der Waals surface area contributed by atoms with Gasteiger partial charge < -0.3 is 14.6 Å². The first-order chi connectivity index (χ1) is 13.6. The van der Waals surface area contributed by atoms with Gasteiger partial charge in [-0.15, -0.1) is 0 Å². The molecule has 1 aromatic heterocycles. The molecule has 0 radical (unpaired) electrons. The SMILES string of the molecule is Cc1cccc(OCCN(Cc2ccccn2)CC2CCCO2)c1C.O=CO. The Morgan fingerprint density at radius 1 is 1.29 bits per heavy atom. The minimum absolute atomic E-state index is 0.250. The summed E-state index contributed by atoms with van der Waals surface area (Å²) in [5.41, 5.74) is 3.58. The second kappa shape index (κ2) is 12.1. The van der Waals surface area contributed by atoms with E-state index in [2.05, 4.69) is 41.9 Å². The predicted octanol–water partition coefficient (Wildman–Crippen LogP) is 3.46. The van der Waals surface area contributed by atoms with Crippen molar-refractivity contribution >= 4 is 6.47 Å². The van der Waals surface area contributed by atoms with Crippen LogP contribution in [-0.2, 0) is 16.1 Å². The predicted molar refractivity (Wildman–Crippen MR) is 109 cm³/mol. The van der Waals surface area contributed by atoms with Crippen molar-refractivity contribution in [2.75, 3.05) is 26.3 Å². The summed E-state index contributed by atoms with van der Waals surface area (Å²) in [4.78, 5) is 15.2. The normalized spacial score (nSPS) is 15.8. The maximum absolute atomic E-state index is 8.36. The summed E-state index contributed by atoms with van der Waals surface area (Å²) in [6.07, 6.45) is 4.51. The number of rotatable bonds is 8. The van der Waals surface area contributed by atoms with Crippen molar-refractivity contribution in [3.05, 3.63) is 59.4 Å². The van der Waals surface area contributed by atoms with E-state index in [1.165, 1.54) is 17.5 Å². The number of benzene rings is 1. The van der Waals surface area contributed by atoms with Crippen LogP contribution in [0.25, 0.3) is 0 Å². The zero-order chi connectivity index (χ0) is 20.2. The van der Waals surface area contributed by atoms with Crippen molar-refractivity contribution in [2.45, 2.75) is 39.3 Å². The Balaban J connectivity index is 0.000000878. The number of ether oxygens (including phenoxy) is 2. The van der Waals surface area contributed by atoms with Crippen LogP contribution >= 0.6 is 0 Å². The van der Waals surface area contributed by atoms with Crippen LogP contribution in [0.15, 0.2) is 42.6 Å². The smallest absolute Gasteiger partial charge is 0.290 e. The fraction of sp³-hybridized carbons (Fsp3) is 0.455. The molecule has 0 spiro atoms.